The fourth-order valence-electron chi connectivity index (χ4n) is 1.14. The van der Waals surface area contributed by atoms with Crippen molar-refractivity contribution in [1.29, 1.82) is 0 Å². The number of rotatable bonds is 9. The quantitative estimate of drug-likeness (QED) is 0.437. The van der Waals surface area contributed by atoms with Crippen LogP contribution in [0.5, 0.6) is 0 Å². The van der Waals surface area contributed by atoms with Gasteiger partial charge in [0, 0.05) is 26.7 Å². The first-order valence-corrected chi connectivity index (χ1v) is 5.15. The summed E-state index contributed by atoms with van der Waals surface area (Å²) in [6.07, 6.45) is 4.67. The molecule has 0 aromatic heterocycles. The van der Waals surface area contributed by atoms with Crippen molar-refractivity contribution in [2.45, 2.75) is 31.8 Å². The third kappa shape index (κ3) is 8.23. The van der Waals surface area contributed by atoms with E-state index in [1.807, 2.05) is 13.0 Å². The van der Waals surface area contributed by atoms with Crippen molar-refractivity contribution in [2.24, 2.45) is 0 Å². The molecule has 0 aromatic carbocycles. The number of ether oxygens (including phenoxy) is 1. The fraction of sp³-hybridized carbons (Fsp3) is 0.818. The van der Waals surface area contributed by atoms with Gasteiger partial charge >= 0.3 is 0 Å². The van der Waals surface area contributed by atoms with Crippen LogP contribution in [-0.4, -0.2) is 37.5 Å². The molecular weight excluding hydrogens is 178 g/mol. The Morgan fingerprint density at radius 1 is 1.57 bits per heavy atom. The van der Waals surface area contributed by atoms with Crippen LogP contribution in [-0.2, 0) is 4.74 Å². The monoisotopic (exact) mass is 201 g/mol. The van der Waals surface area contributed by atoms with E-state index in [-0.39, 0.29) is 0 Å². The van der Waals surface area contributed by atoms with Crippen LogP contribution in [0.25, 0.3) is 0 Å². The zero-order valence-electron chi connectivity index (χ0n) is 9.38. The second kappa shape index (κ2) is 7.97. The Morgan fingerprint density at radius 3 is 2.86 bits per heavy atom. The van der Waals surface area contributed by atoms with E-state index in [4.69, 9.17) is 4.74 Å². The molecule has 0 aliphatic heterocycles. The lowest BCUT2D eigenvalue weighted by Crippen LogP contribution is -2.39. The van der Waals surface area contributed by atoms with Gasteiger partial charge in [-0.1, -0.05) is 6.08 Å². The van der Waals surface area contributed by atoms with Gasteiger partial charge in [0.25, 0.3) is 0 Å². The predicted molar refractivity (Wildman–Crippen MR) is 59.4 cm³/mol. The molecule has 0 radical (unpaired) electrons. The Kier molecular flexibility index (Phi) is 7.76. The van der Waals surface area contributed by atoms with Crippen LogP contribution >= 0.6 is 0 Å². The molecule has 0 amide bonds. The van der Waals surface area contributed by atoms with Gasteiger partial charge in [0.05, 0.1) is 5.60 Å². The van der Waals surface area contributed by atoms with Crippen LogP contribution in [0.15, 0.2) is 12.7 Å². The average molecular weight is 201 g/mol. The van der Waals surface area contributed by atoms with E-state index in [0.29, 0.717) is 19.6 Å². The van der Waals surface area contributed by atoms with Crippen LogP contribution in [0.1, 0.15) is 26.2 Å². The molecule has 1 unspecified atom stereocenters. The Bertz CT molecular complexity index is 146. The molecular formula is C11H23NO2. The summed E-state index contributed by atoms with van der Waals surface area (Å²) in [6.45, 7) is 7.62. The molecule has 84 valence electrons. The minimum absolute atomic E-state index is 0.599. The predicted octanol–water partition coefficient (Wildman–Crippen LogP) is 1.33. The van der Waals surface area contributed by atoms with Crippen LogP contribution < -0.4 is 5.32 Å². The van der Waals surface area contributed by atoms with Crippen molar-refractivity contribution < 1.29 is 9.84 Å². The van der Waals surface area contributed by atoms with Gasteiger partial charge in [0.2, 0.25) is 0 Å². The topological polar surface area (TPSA) is 41.5 Å². The largest absolute Gasteiger partial charge is 0.389 e. The minimum atomic E-state index is -0.663. The number of nitrogens with one attached hydrogen (secondary N) is 1. The fourth-order valence-corrected chi connectivity index (χ4v) is 1.14. The van der Waals surface area contributed by atoms with Crippen LogP contribution in [0.4, 0.5) is 0 Å². The van der Waals surface area contributed by atoms with Crippen LogP contribution in [0.2, 0.25) is 0 Å². The third-order valence-corrected chi connectivity index (χ3v) is 2.11. The van der Waals surface area contributed by atoms with E-state index in [1.165, 1.54) is 0 Å². The maximum absolute atomic E-state index is 9.84. The standard InChI is InChI=1S/C11H23NO2/c1-4-5-6-8-12-10-11(2,13)7-9-14-3/h4,12-13H,1,5-10H2,2-3H3. The lowest BCUT2D eigenvalue weighted by atomic mass is 10.0. The van der Waals surface area contributed by atoms with Gasteiger partial charge in [-0.25, -0.2) is 0 Å². The molecule has 0 spiro atoms. The number of aliphatic hydroxyl groups is 1. The Morgan fingerprint density at radius 2 is 2.29 bits per heavy atom. The molecule has 0 saturated heterocycles. The van der Waals surface area contributed by atoms with E-state index in [0.717, 1.165) is 19.4 Å². The smallest absolute Gasteiger partial charge is 0.0765 e. The molecule has 0 saturated carbocycles. The van der Waals surface area contributed by atoms with Crippen molar-refractivity contribution >= 4 is 0 Å². The first kappa shape index (κ1) is 13.6. The first-order valence-electron chi connectivity index (χ1n) is 5.15. The highest BCUT2D eigenvalue weighted by Gasteiger charge is 2.18. The molecule has 14 heavy (non-hydrogen) atoms. The van der Waals surface area contributed by atoms with Crippen molar-refractivity contribution in [2.75, 3.05) is 26.8 Å². The summed E-state index contributed by atoms with van der Waals surface area (Å²) in [6, 6.07) is 0. The Labute approximate surface area is 87.2 Å². The summed E-state index contributed by atoms with van der Waals surface area (Å²) in [4.78, 5) is 0. The van der Waals surface area contributed by atoms with Crippen molar-refractivity contribution in [1.82, 2.24) is 5.32 Å². The van der Waals surface area contributed by atoms with Crippen molar-refractivity contribution in [3.8, 4) is 0 Å². The summed E-state index contributed by atoms with van der Waals surface area (Å²) in [5.41, 5.74) is -0.663. The lowest BCUT2D eigenvalue weighted by molar-refractivity contribution is 0.0251. The molecule has 2 N–H and O–H groups in total. The Balaban J connectivity index is 3.39. The second-order valence-electron chi connectivity index (χ2n) is 3.85. The van der Waals surface area contributed by atoms with E-state index < -0.39 is 5.60 Å². The summed E-state index contributed by atoms with van der Waals surface area (Å²) < 4.78 is 4.92. The summed E-state index contributed by atoms with van der Waals surface area (Å²) in [7, 11) is 1.65. The number of methoxy groups -OCH3 is 1. The number of hydrogen-bond acceptors (Lipinski definition) is 3. The van der Waals surface area contributed by atoms with E-state index in [9.17, 15) is 5.11 Å². The van der Waals surface area contributed by atoms with Crippen molar-refractivity contribution in [3.63, 3.8) is 0 Å². The number of unbranched alkanes of at least 4 members (excludes halogenated alkanes) is 1. The zero-order chi connectivity index (χ0) is 10.9. The molecule has 0 rings (SSSR count). The second-order valence-corrected chi connectivity index (χ2v) is 3.85. The molecule has 1 atom stereocenters. The molecule has 0 fully saturated rings. The first-order chi connectivity index (χ1) is 6.62. The number of allylic oxidation sites excluding steroid dienone is 1. The zero-order valence-corrected chi connectivity index (χ0v) is 9.38. The molecule has 0 aliphatic rings. The highest BCUT2D eigenvalue weighted by atomic mass is 16.5. The van der Waals surface area contributed by atoms with Gasteiger partial charge in [-0.15, -0.1) is 6.58 Å². The van der Waals surface area contributed by atoms with Gasteiger partial charge in [0.1, 0.15) is 0 Å². The van der Waals surface area contributed by atoms with Gasteiger partial charge in [0.15, 0.2) is 0 Å². The third-order valence-electron chi connectivity index (χ3n) is 2.11. The lowest BCUT2D eigenvalue weighted by Gasteiger charge is -2.23. The van der Waals surface area contributed by atoms with Gasteiger partial charge in [-0.05, 0) is 26.3 Å². The average Bonchev–Trinajstić information content (AvgIpc) is 2.15. The van der Waals surface area contributed by atoms with Crippen LogP contribution in [0.3, 0.4) is 0 Å². The molecule has 3 heteroatoms. The van der Waals surface area contributed by atoms with Gasteiger partial charge < -0.3 is 15.2 Å². The van der Waals surface area contributed by atoms with E-state index >= 15 is 0 Å². The molecule has 0 aliphatic carbocycles. The summed E-state index contributed by atoms with van der Waals surface area (Å²) in [5.74, 6) is 0. The number of hydrogen-bond donors (Lipinski definition) is 2. The van der Waals surface area contributed by atoms with Crippen molar-refractivity contribution in [3.05, 3.63) is 12.7 Å². The van der Waals surface area contributed by atoms with E-state index in [1.54, 1.807) is 7.11 Å². The molecule has 0 bridgehead atoms. The summed E-state index contributed by atoms with van der Waals surface area (Å²) in [5, 5.41) is 13.1. The molecule has 0 heterocycles. The van der Waals surface area contributed by atoms with Gasteiger partial charge in [-0.2, -0.15) is 0 Å². The Hall–Kier alpha value is -0.380. The maximum atomic E-state index is 9.84. The highest BCUT2D eigenvalue weighted by molar-refractivity contribution is 4.75. The maximum Gasteiger partial charge on any atom is 0.0765 e. The van der Waals surface area contributed by atoms with E-state index in [2.05, 4.69) is 11.9 Å². The highest BCUT2D eigenvalue weighted by Crippen LogP contribution is 2.07. The normalized spacial score (nSPS) is 15.1. The molecule has 3 nitrogen and oxygen atoms in total. The van der Waals surface area contributed by atoms with Gasteiger partial charge in [-0.3, -0.25) is 0 Å². The van der Waals surface area contributed by atoms with Crippen LogP contribution in [0, 0.1) is 0 Å². The summed E-state index contributed by atoms with van der Waals surface area (Å²) >= 11 is 0. The SMILES string of the molecule is C=CCCCNCC(C)(O)CCOC. The minimum Gasteiger partial charge on any atom is -0.389 e. The molecule has 0 aromatic rings.